The van der Waals surface area contributed by atoms with E-state index in [-0.39, 0.29) is 11.4 Å². The minimum Gasteiger partial charge on any atom is -0.384 e. The van der Waals surface area contributed by atoms with Crippen LogP contribution in [0.4, 0.5) is 5.82 Å². The molecule has 0 fully saturated rings. The van der Waals surface area contributed by atoms with E-state index in [0.29, 0.717) is 10.7 Å². The van der Waals surface area contributed by atoms with E-state index in [9.17, 15) is 14.4 Å². The molecule has 2 N–H and O–H groups in total. The molecule has 1 unspecified atom stereocenters. The molecule has 0 aliphatic heterocycles. The number of anilines is 1. The van der Waals surface area contributed by atoms with Crippen LogP contribution in [-0.4, -0.2) is 30.1 Å². The Kier molecular flexibility index (Phi) is 4.88. The predicted octanol–water partition coefficient (Wildman–Crippen LogP) is 1.28. The third-order valence-electron chi connectivity index (χ3n) is 4.32. The monoisotopic (exact) mass is 385 g/mol. The van der Waals surface area contributed by atoms with Gasteiger partial charge in [-0.15, -0.1) is 0 Å². The number of fused-ring (bicyclic) bond motifs is 1. The topological polar surface area (TPSA) is 113 Å². The summed E-state index contributed by atoms with van der Waals surface area (Å²) in [6.07, 6.45) is 0. The van der Waals surface area contributed by atoms with E-state index >= 15 is 0 Å². The second-order valence-corrected chi connectivity index (χ2v) is 7.52. The minimum absolute atomic E-state index is 0.137. The Labute approximate surface area is 159 Å². The summed E-state index contributed by atoms with van der Waals surface area (Å²) >= 11 is 1.21. The van der Waals surface area contributed by atoms with Gasteiger partial charge < -0.3 is 5.73 Å². The van der Waals surface area contributed by atoms with Crippen molar-refractivity contribution in [2.24, 2.45) is 14.1 Å². The lowest BCUT2D eigenvalue weighted by molar-refractivity contribution is 0.0992. The Morgan fingerprint density at radius 1 is 1.11 bits per heavy atom. The van der Waals surface area contributed by atoms with E-state index in [2.05, 4.69) is 9.97 Å². The van der Waals surface area contributed by atoms with Crippen molar-refractivity contribution in [1.82, 2.24) is 19.1 Å². The number of nitrogen functional groups attached to an aromatic ring is 1. The van der Waals surface area contributed by atoms with Gasteiger partial charge >= 0.3 is 5.69 Å². The van der Waals surface area contributed by atoms with Crippen LogP contribution in [0.25, 0.3) is 11.0 Å². The highest BCUT2D eigenvalue weighted by Crippen LogP contribution is 2.27. The SMILES string of the molecule is Cc1nc2ccccc2nc1SC(C)C(=O)c1c(N)n(C)c(=O)n(C)c1=O. The van der Waals surface area contributed by atoms with Crippen molar-refractivity contribution in [3.8, 4) is 0 Å². The summed E-state index contributed by atoms with van der Waals surface area (Å²) in [5.41, 5.74) is 6.61. The lowest BCUT2D eigenvalue weighted by Gasteiger charge is -2.15. The van der Waals surface area contributed by atoms with Crippen LogP contribution in [-0.2, 0) is 14.1 Å². The summed E-state index contributed by atoms with van der Waals surface area (Å²) < 4.78 is 1.97. The van der Waals surface area contributed by atoms with E-state index < -0.39 is 22.3 Å². The minimum atomic E-state index is -0.700. The molecule has 0 bridgehead atoms. The zero-order valence-corrected chi connectivity index (χ0v) is 16.2. The zero-order chi connectivity index (χ0) is 19.9. The smallest absolute Gasteiger partial charge is 0.332 e. The van der Waals surface area contributed by atoms with Crippen LogP contribution >= 0.6 is 11.8 Å². The number of nitrogens with two attached hydrogens (primary N) is 1. The van der Waals surface area contributed by atoms with E-state index in [1.165, 1.54) is 25.9 Å². The predicted molar refractivity (Wildman–Crippen MR) is 105 cm³/mol. The van der Waals surface area contributed by atoms with Gasteiger partial charge in [-0.3, -0.25) is 18.7 Å². The van der Waals surface area contributed by atoms with Crippen LogP contribution in [0.5, 0.6) is 0 Å². The van der Waals surface area contributed by atoms with Crippen LogP contribution < -0.4 is 17.0 Å². The van der Waals surface area contributed by atoms with Crippen LogP contribution in [0.3, 0.4) is 0 Å². The molecular formula is C18H19N5O3S. The number of hydrogen-bond donors (Lipinski definition) is 1. The molecule has 0 radical (unpaired) electrons. The first-order valence-electron chi connectivity index (χ1n) is 8.22. The molecule has 0 saturated heterocycles. The maximum Gasteiger partial charge on any atom is 0.332 e. The first-order valence-corrected chi connectivity index (χ1v) is 9.10. The Balaban J connectivity index is 2.00. The quantitative estimate of drug-likeness (QED) is 0.532. The summed E-state index contributed by atoms with van der Waals surface area (Å²) in [5, 5.41) is -0.0265. The summed E-state index contributed by atoms with van der Waals surface area (Å²) in [5.74, 6) is -0.593. The fourth-order valence-electron chi connectivity index (χ4n) is 2.70. The molecule has 1 aromatic carbocycles. The normalized spacial score (nSPS) is 12.3. The number of carbonyl (C=O) groups excluding carboxylic acids is 1. The maximum atomic E-state index is 12.9. The van der Waals surface area contributed by atoms with Gasteiger partial charge in [0, 0.05) is 14.1 Å². The van der Waals surface area contributed by atoms with Crippen LogP contribution in [0.1, 0.15) is 23.0 Å². The number of benzene rings is 1. The van der Waals surface area contributed by atoms with E-state index in [1.807, 2.05) is 31.2 Å². The fraction of sp³-hybridized carbons (Fsp3) is 0.278. The van der Waals surface area contributed by atoms with Crippen LogP contribution in [0, 0.1) is 6.92 Å². The van der Waals surface area contributed by atoms with Crippen molar-refractivity contribution in [2.75, 3.05) is 5.73 Å². The Bertz CT molecular complexity index is 1180. The first kappa shape index (κ1) is 18.8. The highest BCUT2D eigenvalue weighted by atomic mass is 32.2. The molecule has 8 nitrogen and oxygen atoms in total. The lowest BCUT2D eigenvalue weighted by Crippen LogP contribution is -2.42. The number of carbonyl (C=O) groups is 1. The molecule has 9 heteroatoms. The molecule has 0 amide bonds. The van der Waals surface area contributed by atoms with Gasteiger partial charge in [0.2, 0.25) is 0 Å². The number of hydrogen-bond acceptors (Lipinski definition) is 7. The standard InChI is InChI=1S/C18H19N5O3S/c1-9-16(21-12-8-6-5-7-11(12)20-9)27-10(2)14(24)13-15(19)22(3)18(26)23(4)17(13)25/h5-8,10H,19H2,1-4H3. The van der Waals surface area contributed by atoms with Crippen molar-refractivity contribution in [2.45, 2.75) is 24.1 Å². The van der Waals surface area contributed by atoms with Gasteiger partial charge in [0.05, 0.1) is 22.0 Å². The average Bonchev–Trinajstić information content (AvgIpc) is 2.65. The summed E-state index contributed by atoms with van der Waals surface area (Å²) in [6.45, 7) is 3.49. The van der Waals surface area contributed by atoms with Gasteiger partial charge in [-0.25, -0.2) is 14.8 Å². The number of aryl methyl sites for hydroxylation is 1. The number of para-hydroxylation sites is 2. The molecule has 1 atom stereocenters. The summed E-state index contributed by atoms with van der Waals surface area (Å²) in [7, 11) is 2.74. The molecule has 0 spiro atoms. The highest BCUT2D eigenvalue weighted by molar-refractivity contribution is 8.00. The molecular weight excluding hydrogens is 366 g/mol. The third-order valence-corrected chi connectivity index (χ3v) is 5.49. The first-order chi connectivity index (χ1) is 12.7. The van der Waals surface area contributed by atoms with E-state index in [4.69, 9.17) is 5.73 Å². The molecule has 0 saturated carbocycles. The van der Waals surface area contributed by atoms with Gasteiger partial charge in [0.25, 0.3) is 5.56 Å². The van der Waals surface area contributed by atoms with Crippen LogP contribution in [0.15, 0.2) is 38.9 Å². The molecule has 140 valence electrons. The Morgan fingerprint density at radius 2 is 1.70 bits per heavy atom. The van der Waals surface area contributed by atoms with E-state index in [0.717, 1.165) is 20.2 Å². The number of rotatable bonds is 4. The van der Waals surface area contributed by atoms with Crippen molar-refractivity contribution in [3.63, 3.8) is 0 Å². The lowest BCUT2D eigenvalue weighted by atomic mass is 10.1. The second-order valence-electron chi connectivity index (χ2n) is 6.19. The van der Waals surface area contributed by atoms with Gasteiger partial charge in [0.1, 0.15) is 16.4 Å². The molecule has 2 heterocycles. The largest absolute Gasteiger partial charge is 0.384 e. The fourth-order valence-corrected chi connectivity index (χ4v) is 3.63. The number of ketones is 1. The van der Waals surface area contributed by atoms with Crippen molar-refractivity contribution in [1.29, 1.82) is 0 Å². The molecule has 27 heavy (non-hydrogen) atoms. The average molecular weight is 385 g/mol. The summed E-state index contributed by atoms with van der Waals surface area (Å²) in [4.78, 5) is 46.3. The number of aromatic nitrogens is 4. The number of Topliss-reactive ketones (excluding diaryl/α,β-unsaturated/α-hetero) is 1. The molecule has 0 aliphatic rings. The maximum absolute atomic E-state index is 12.9. The Hall–Kier alpha value is -2.94. The third kappa shape index (κ3) is 3.25. The van der Waals surface area contributed by atoms with Crippen molar-refractivity contribution in [3.05, 3.63) is 56.4 Å². The molecule has 3 rings (SSSR count). The molecule has 0 aliphatic carbocycles. The van der Waals surface area contributed by atoms with Gasteiger partial charge in [-0.1, -0.05) is 23.9 Å². The highest BCUT2D eigenvalue weighted by Gasteiger charge is 2.26. The van der Waals surface area contributed by atoms with Crippen molar-refractivity contribution < 1.29 is 4.79 Å². The molecule has 3 aromatic rings. The van der Waals surface area contributed by atoms with Gasteiger partial charge in [0.15, 0.2) is 5.78 Å². The summed E-state index contributed by atoms with van der Waals surface area (Å²) in [6, 6.07) is 7.46. The van der Waals surface area contributed by atoms with Crippen LogP contribution in [0.2, 0.25) is 0 Å². The van der Waals surface area contributed by atoms with Crippen molar-refractivity contribution >= 4 is 34.4 Å². The molecule has 2 aromatic heterocycles. The van der Waals surface area contributed by atoms with E-state index in [1.54, 1.807) is 6.92 Å². The van der Waals surface area contributed by atoms with Gasteiger partial charge in [-0.05, 0) is 26.0 Å². The second kappa shape index (κ2) is 6.99. The number of nitrogens with zero attached hydrogens (tertiary/aromatic N) is 4. The zero-order valence-electron chi connectivity index (χ0n) is 15.4. The number of thioether (sulfide) groups is 1. The van der Waals surface area contributed by atoms with Gasteiger partial charge in [-0.2, -0.15) is 0 Å². The Morgan fingerprint density at radius 3 is 2.33 bits per heavy atom.